The van der Waals surface area contributed by atoms with Crippen LogP contribution in [0.15, 0.2) is 60.9 Å². The van der Waals surface area contributed by atoms with Crippen molar-refractivity contribution in [1.82, 2.24) is 41.2 Å². The van der Waals surface area contributed by atoms with Gasteiger partial charge in [-0.2, -0.15) is 0 Å². The number of likely N-dealkylation sites (N-methyl/N-ethyl adjacent to an activating group) is 2. The van der Waals surface area contributed by atoms with Crippen LogP contribution in [0, 0.1) is 11.3 Å². The molecule has 2 heterocycles. The highest BCUT2D eigenvalue weighted by atomic mass is 16.2. The molecule has 2 amide bonds. The van der Waals surface area contributed by atoms with Crippen LogP contribution in [0.3, 0.4) is 0 Å². The zero-order valence-corrected chi connectivity index (χ0v) is 29.7. The minimum Gasteiger partial charge on any atom is -0.344 e. The molecule has 6 N–H and O–H groups in total. The number of nitrogens with one attached hydrogen (secondary N) is 6. The van der Waals surface area contributed by atoms with Crippen LogP contribution < -0.4 is 21.3 Å². The van der Waals surface area contributed by atoms with Gasteiger partial charge in [0.2, 0.25) is 11.8 Å². The van der Waals surface area contributed by atoms with Gasteiger partial charge in [0, 0.05) is 0 Å². The Morgan fingerprint density at radius 2 is 1.00 bits per heavy atom. The molecule has 47 heavy (non-hydrogen) atoms. The van der Waals surface area contributed by atoms with Crippen LogP contribution in [0.5, 0.6) is 0 Å². The lowest BCUT2D eigenvalue weighted by molar-refractivity contribution is -0.128. The van der Waals surface area contributed by atoms with Gasteiger partial charge in [0.1, 0.15) is 11.6 Å². The summed E-state index contributed by atoms with van der Waals surface area (Å²) in [4.78, 5) is 42.0. The predicted octanol–water partition coefficient (Wildman–Crippen LogP) is 6.15. The number of H-pyrrole nitrogens is 2. The molecular formula is C37H52N8O2. The molecule has 0 aliphatic carbocycles. The van der Waals surface area contributed by atoms with E-state index in [4.69, 9.17) is 0 Å². The number of nitrogens with zero attached hydrogens (tertiary/aromatic N) is 2. The lowest BCUT2D eigenvalue weighted by atomic mass is 9.85. The molecule has 10 nitrogen and oxygen atoms in total. The number of aromatic nitrogens is 4. The fraction of sp³-hybridized carbons (Fsp3) is 0.459. The highest BCUT2D eigenvalue weighted by molar-refractivity contribution is 5.86. The summed E-state index contributed by atoms with van der Waals surface area (Å²) in [6.45, 7) is 17.8. The quantitative estimate of drug-likeness (QED) is 0.110. The Hall–Kier alpha value is -4.28. The number of hydrogen-bond acceptors (Lipinski definition) is 6. The van der Waals surface area contributed by atoms with Gasteiger partial charge in [-0.25, -0.2) is 9.97 Å². The van der Waals surface area contributed by atoms with Crippen molar-refractivity contribution in [1.29, 1.82) is 0 Å². The molecule has 252 valence electrons. The third kappa shape index (κ3) is 8.18. The van der Waals surface area contributed by atoms with Crippen molar-refractivity contribution in [2.75, 3.05) is 14.1 Å². The number of hydrogen-bond donors (Lipinski definition) is 6. The predicted molar refractivity (Wildman–Crippen MR) is 189 cm³/mol. The third-order valence-electron chi connectivity index (χ3n) is 8.96. The minimum absolute atomic E-state index is 0.0770. The Balaban J connectivity index is 1.48. The molecular weight excluding hydrogens is 588 g/mol. The van der Waals surface area contributed by atoms with Crippen LogP contribution in [0.2, 0.25) is 0 Å². The molecule has 10 heteroatoms. The molecule has 2 aromatic heterocycles. The monoisotopic (exact) mass is 640 g/mol. The Labute approximate surface area is 279 Å². The number of carbonyl (C=O) groups excluding carboxylic acids is 2. The summed E-state index contributed by atoms with van der Waals surface area (Å²) in [5.74, 6) is 1.44. The molecule has 0 aliphatic rings. The second-order valence-electron chi connectivity index (χ2n) is 14.7. The summed E-state index contributed by atoms with van der Waals surface area (Å²) < 4.78 is 0. The first kappa shape index (κ1) is 35.6. The van der Waals surface area contributed by atoms with Crippen LogP contribution in [0.4, 0.5) is 0 Å². The van der Waals surface area contributed by atoms with Crippen molar-refractivity contribution in [3.8, 4) is 33.6 Å². The van der Waals surface area contributed by atoms with Crippen molar-refractivity contribution < 1.29 is 9.59 Å². The smallest absolute Gasteiger partial charge is 0.240 e. The first-order chi connectivity index (χ1) is 22.0. The molecule has 4 aromatic rings. The van der Waals surface area contributed by atoms with E-state index in [1.807, 2.05) is 40.1 Å². The molecule has 4 rings (SSSR count). The number of aromatic amines is 2. The molecule has 0 fully saturated rings. The largest absolute Gasteiger partial charge is 0.344 e. The van der Waals surface area contributed by atoms with Crippen molar-refractivity contribution in [2.24, 2.45) is 11.3 Å². The van der Waals surface area contributed by atoms with Crippen LogP contribution in [0.1, 0.15) is 86.0 Å². The molecule has 0 bridgehead atoms. The SMILES string of the molecule is CNC(C)(C)C(=O)N[C@H](c1ncc(-c2ccc(-c3ccc(-c4cnc([C@@H](NC(=O)C(C)(C)NC)C(C)(C)C)[nH]4)cc3)cc2)[nH]1)C(C)C. The van der Waals surface area contributed by atoms with E-state index in [1.165, 1.54) is 0 Å². The van der Waals surface area contributed by atoms with Gasteiger partial charge in [-0.05, 0) is 75.4 Å². The standard InChI is InChI=1S/C37H52N8O2/c1-22(2)29(44-33(46)36(6,7)38-10)31-40-20-27(42-31)25-16-12-23(13-17-25)24-14-18-26(19-15-24)28-21-41-32(43-28)30(35(3,4)5)45-34(47)37(8,9)39-11/h12-22,29-30,38-39H,1-11H3,(H,40,42)(H,41,43)(H,44,46)(H,45,47)/t29-,30+/m0/s1. The third-order valence-corrected chi connectivity index (χ3v) is 8.96. The zero-order valence-electron chi connectivity index (χ0n) is 29.7. The fourth-order valence-corrected chi connectivity index (χ4v) is 5.06. The number of carbonyl (C=O) groups is 2. The van der Waals surface area contributed by atoms with Gasteiger partial charge < -0.3 is 31.2 Å². The number of benzene rings is 2. The zero-order chi connectivity index (χ0) is 34.7. The number of rotatable bonds is 12. The lowest BCUT2D eigenvalue weighted by Crippen LogP contribution is -2.53. The van der Waals surface area contributed by atoms with Crippen molar-refractivity contribution in [2.45, 2.75) is 85.5 Å². The maximum atomic E-state index is 13.0. The van der Waals surface area contributed by atoms with Crippen LogP contribution in [-0.4, -0.2) is 56.9 Å². The lowest BCUT2D eigenvalue weighted by Gasteiger charge is -2.33. The van der Waals surface area contributed by atoms with Gasteiger partial charge in [0.25, 0.3) is 0 Å². The molecule has 0 saturated carbocycles. The molecule has 2 atom stereocenters. The van der Waals surface area contributed by atoms with Gasteiger partial charge in [0.15, 0.2) is 0 Å². The summed E-state index contributed by atoms with van der Waals surface area (Å²) in [6, 6.07) is 16.2. The van der Waals surface area contributed by atoms with Crippen LogP contribution >= 0.6 is 0 Å². The summed E-state index contributed by atoms with van der Waals surface area (Å²) in [7, 11) is 3.56. The minimum atomic E-state index is -0.701. The molecule has 0 radical (unpaired) electrons. The maximum Gasteiger partial charge on any atom is 0.240 e. The summed E-state index contributed by atoms with van der Waals surface area (Å²) in [5, 5.41) is 12.5. The average molecular weight is 641 g/mol. The Morgan fingerprint density at radius 3 is 1.40 bits per heavy atom. The average Bonchev–Trinajstić information content (AvgIpc) is 3.72. The number of imidazole rings is 2. The maximum absolute atomic E-state index is 13.0. The Kier molecular flexibility index (Phi) is 10.5. The van der Waals surface area contributed by atoms with E-state index in [0.29, 0.717) is 0 Å². The highest BCUT2D eigenvalue weighted by Gasteiger charge is 2.35. The van der Waals surface area contributed by atoms with Gasteiger partial charge in [0.05, 0.1) is 46.9 Å². The summed E-state index contributed by atoms with van der Waals surface area (Å²) in [5.41, 5.74) is 4.35. The van der Waals surface area contributed by atoms with Crippen LogP contribution in [0.25, 0.3) is 33.6 Å². The topological polar surface area (TPSA) is 140 Å². The summed E-state index contributed by atoms with van der Waals surface area (Å²) >= 11 is 0. The second-order valence-corrected chi connectivity index (χ2v) is 14.7. The van der Waals surface area contributed by atoms with E-state index in [0.717, 1.165) is 45.3 Å². The van der Waals surface area contributed by atoms with E-state index in [9.17, 15) is 9.59 Å². The fourth-order valence-electron chi connectivity index (χ4n) is 5.06. The molecule has 0 saturated heterocycles. The van der Waals surface area contributed by atoms with Crippen LogP contribution in [-0.2, 0) is 9.59 Å². The number of amides is 2. The highest BCUT2D eigenvalue weighted by Crippen LogP contribution is 2.33. The van der Waals surface area contributed by atoms with Gasteiger partial charge in [-0.1, -0.05) is 83.1 Å². The van der Waals surface area contributed by atoms with Crippen molar-refractivity contribution in [3.63, 3.8) is 0 Å². The van der Waals surface area contributed by atoms with E-state index in [1.54, 1.807) is 14.1 Å². The van der Waals surface area contributed by atoms with Crippen molar-refractivity contribution in [3.05, 3.63) is 72.6 Å². The van der Waals surface area contributed by atoms with Crippen molar-refractivity contribution >= 4 is 11.8 Å². The first-order valence-electron chi connectivity index (χ1n) is 16.3. The normalized spacial score (nSPS) is 13.8. The molecule has 2 aromatic carbocycles. The first-order valence-corrected chi connectivity index (χ1v) is 16.3. The second kappa shape index (κ2) is 13.8. The van der Waals surface area contributed by atoms with E-state index in [-0.39, 0.29) is 35.2 Å². The van der Waals surface area contributed by atoms with Gasteiger partial charge in [-0.15, -0.1) is 0 Å². The molecule has 0 unspecified atom stereocenters. The Bertz CT molecular complexity index is 1660. The van der Waals surface area contributed by atoms with E-state index < -0.39 is 11.1 Å². The van der Waals surface area contributed by atoms with E-state index in [2.05, 4.69) is 124 Å². The van der Waals surface area contributed by atoms with E-state index >= 15 is 0 Å². The molecule has 0 spiro atoms. The van der Waals surface area contributed by atoms with Gasteiger partial charge in [-0.3, -0.25) is 9.59 Å². The Morgan fingerprint density at radius 1 is 0.617 bits per heavy atom. The van der Waals surface area contributed by atoms with Gasteiger partial charge >= 0.3 is 0 Å². The summed E-state index contributed by atoms with van der Waals surface area (Å²) in [6.07, 6.45) is 3.64. The molecule has 0 aliphatic heterocycles.